The Morgan fingerprint density at radius 3 is 2.68 bits per heavy atom. The van der Waals surface area contributed by atoms with E-state index in [-0.39, 0.29) is 29.7 Å². The van der Waals surface area contributed by atoms with E-state index in [1.807, 2.05) is 23.1 Å². The number of amides is 2. The average Bonchev–Trinajstić information content (AvgIpc) is 3.08. The lowest BCUT2D eigenvalue weighted by Gasteiger charge is -2.35. The second-order valence-corrected chi connectivity index (χ2v) is 8.85. The standard InChI is InChI=1S/C23H33N3O2/c1-16-13-18-8-2-5-11-21(18)26(16)23(28)20-10-4-3-9-19(20)22(27)25-15-17-7-6-12-24-14-17/h2,5,8,11,16-17,19-20,24H,3-4,6-7,9-10,12-15H2,1H3,(H,25,27). The maximum atomic E-state index is 13.5. The zero-order chi connectivity index (χ0) is 19.5. The Kier molecular flexibility index (Phi) is 6.00. The van der Waals surface area contributed by atoms with E-state index in [0.29, 0.717) is 5.92 Å². The summed E-state index contributed by atoms with van der Waals surface area (Å²) in [5.41, 5.74) is 2.28. The maximum absolute atomic E-state index is 13.5. The molecule has 1 saturated heterocycles. The molecule has 0 bridgehead atoms. The van der Waals surface area contributed by atoms with Crippen LogP contribution >= 0.6 is 0 Å². The first kappa shape index (κ1) is 19.4. The van der Waals surface area contributed by atoms with Crippen molar-refractivity contribution in [1.29, 1.82) is 0 Å². The second-order valence-electron chi connectivity index (χ2n) is 8.85. The summed E-state index contributed by atoms with van der Waals surface area (Å²) in [6.07, 6.45) is 6.98. The highest BCUT2D eigenvalue weighted by Crippen LogP contribution is 2.38. The first-order valence-corrected chi connectivity index (χ1v) is 11.0. The van der Waals surface area contributed by atoms with E-state index in [1.165, 1.54) is 18.4 Å². The molecule has 4 unspecified atom stereocenters. The van der Waals surface area contributed by atoms with Gasteiger partial charge in [-0.25, -0.2) is 0 Å². The van der Waals surface area contributed by atoms with Crippen LogP contribution in [0.2, 0.25) is 0 Å². The number of para-hydroxylation sites is 1. The van der Waals surface area contributed by atoms with Crippen molar-refractivity contribution >= 4 is 17.5 Å². The number of carbonyl (C=O) groups excluding carboxylic acids is 2. The topological polar surface area (TPSA) is 61.4 Å². The molecule has 0 radical (unpaired) electrons. The van der Waals surface area contributed by atoms with Crippen molar-refractivity contribution in [2.45, 2.75) is 57.9 Å². The van der Waals surface area contributed by atoms with Crippen LogP contribution in [-0.2, 0) is 16.0 Å². The van der Waals surface area contributed by atoms with Gasteiger partial charge in [0.15, 0.2) is 0 Å². The third kappa shape index (κ3) is 3.95. The quantitative estimate of drug-likeness (QED) is 0.840. The normalized spacial score (nSPS) is 30.0. The van der Waals surface area contributed by atoms with E-state index < -0.39 is 0 Å². The summed E-state index contributed by atoms with van der Waals surface area (Å²) in [5.74, 6) is 0.380. The lowest BCUT2D eigenvalue weighted by Crippen LogP contribution is -2.48. The monoisotopic (exact) mass is 383 g/mol. The molecule has 2 amide bonds. The number of carbonyl (C=O) groups is 2. The smallest absolute Gasteiger partial charge is 0.231 e. The summed E-state index contributed by atoms with van der Waals surface area (Å²) < 4.78 is 0. The molecule has 1 aromatic carbocycles. The Balaban J connectivity index is 1.44. The molecule has 0 spiro atoms. The number of benzene rings is 1. The third-order valence-corrected chi connectivity index (χ3v) is 6.83. The summed E-state index contributed by atoms with van der Waals surface area (Å²) in [4.78, 5) is 28.5. The fraction of sp³-hybridized carbons (Fsp3) is 0.652. The molecule has 0 aromatic heterocycles. The highest BCUT2D eigenvalue weighted by molar-refractivity contribution is 6.00. The average molecular weight is 384 g/mol. The Labute approximate surface area is 168 Å². The SMILES string of the molecule is CC1Cc2ccccc2N1C(=O)C1CCCCC1C(=O)NCC1CCCNC1. The Morgan fingerprint density at radius 2 is 1.89 bits per heavy atom. The largest absolute Gasteiger partial charge is 0.356 e. The van der Waals surface area contributed by atoms with Crippen LogP contribution in [0.1, 0.15) is 51.0 Å². The van der Waals surface area contributed by atoms with Crippen LogP contribution in [0.3, 0.4) is 0 Å². The van der Waals surface area contributed by atoms with Crippen molar-refractivity contribution in [3.8, 4) is 0 Å². The first-order valence-electron chi connectivity index (χ1n) is 11.0. The van der Waals surface area contributed by atoms with E-state index in [2.05, 4.69) is 23.6 Å². The van der Waals surface area contributed by atoms with Crippen LogP contribution < -0.4 is 15.5 Å². The molecule has 3 aliphatic rings. The fourth-order valence-electron chi connectivity index (χ4n) is 5.29. The molecular formula is C23H33N3O2. The molecule has 5 heteroatoms. The van der Waals surface area contributed by atoms with Gasteiger partial charge in [-0.2, -0.15) is 0 Å². The summed E-state index contributed by atoms with van der Waals surface area (Å²) in [5, 5.41) is 6.58. The van der Waals surface area contributed by atoms with Gasteiger partial charge in [-0.3, -0.25) is 9.59 Å². The van der Waals surface area contributed by atoms with Gasteiger partial charge in [0.25, 0.3) is 0 Å². The number of anilines is 1. The zero-order valence-corrected chi connectivity index (χ0v) is 17.0. The Bertz CT molecular complexity index is 714. The van der Waals surface area contributed by atoms with E-state index in [9.17, 15) is 9.59 Å². The number of hydrogen-bond donors (Lipinski definition) is 2. The second kappa shape index (κ2) is 8.64. The Morgan fingerprint density at radius 1 is 1.11 bits per heavy atom. The number of fused-ring (bicyclic) bond motifs is 1. The lowest BCUT2D eigenvalue weighted by atomic mass is 9.77. The van der Waals surface area contributed by atoms with Crippen molar-refractivity contribution < 1.29 is 9.59 Å². The first-order chi connectivity index (χ1) is 13.6. The molecule has 28 heavy (non-hydrogen) atoms. The van der Waals surface area contributed by atoms with Crippen LogP contribution in [0, 0.1) is 17.8 Å². The van der Waals surface area contributed by atoms with Crippen molar-refractivity contribution in [3.63, 3.8) is 0 Å². The number of nitrogens with zero attached hydrogens (tertiary/aromatic N) is 1. The number of rotatable bonds is 4. The predicted octanol–water partition coefficient (Wildman–Crippen LogP) is 2.89. The van der Waals surface area contributed by atoms with Crippen LogP contribution in [0.5, 0.6) is 0 Å². The van der Waals surface area contributed by atoms with Gasteiger partial charge in [-0.15, -0.1) is 0 Å². The van der Waals surface area contributed by atoms with Crippen molar-refractivity contribution in [2.75, 3.05) is 24.5 Å². The van der Waals surface area contributed by atoms with Gasteiger partial charge >= 0.3 is 0 Å². The lowest BCUT2D eigenvalue weighted by molar-refractivity contribution is -0.135. The van der Waals surface area contributed by atoms with Crippen molar-refractivity contribution in [3.05, 3.63) is 29.8 Å². The van der Waals surface area contributed by atoms with E-state index in [0.717, 1.165) is 57.4 Å². The molecule has 4 rings (SSSR count). The van der Waals surface area contributed by atoms with E-state index in [4.69, 9.17) is 0 Å². The highest BCUT2D eigenvalue weighted by atomic mass is 16.2. The molecule has 1 saturated carbocycles. The van der Waals surface area contributed by atoms with Gasteiger partial charge in [-0.05, 0) is 69.7 Å². The van der Waals surface area contributed by atoms with Gasteiger partial charge in [0.1, 0.15) is 0 Å². The molecule has 2 heterocycles. The Hall–Kier alpha value is -1.88. The highest BCUT2D eigenvalue weighted by Gasteiger charge is 2.41. The number of nitrogens with one attached hydrogen (secondary N) is 2. The summed E-state index contributed by atoms with van der Waals surface area (Å²) in [6.45, 7) is 4.91. The molecule has 1 aromatic rings. The van der Waals surface area contributed by atoms with Crippen LogP contribution in [0.15, 0.2) is 24.3 Å². The molecule has 4 atom stereocenters. The van der Waals surface area contributed by atoms with Gasteiger partial charge in [0.05, 0.1) is 5.92 Å². The molecular weight excluding hydrogens is 350 g/mol. The molecule has 2 aliphatic heterocycles. The minimum atomic E-state index is -0.188. The predicted molar refractivity (Wildman–Crippen MR) is 111 cm³/mol. The molecule has 2 fully saturated rings. The van der Waals surface area contributed by atoms with Gasteiger partial charge < -0.3 is 15.5 Å². The van der Waals surface area contributed by atoms with Gasteiger partial charge in [-0.1, -0.05) is 31.0 Å². The maximum Gasteiger partial charge on any atom is 0.231 e. The van der Waals surface area contributed by atoms with Crippen molar-refractivity contribution in [2.24, 2.45) is 17.8 Å². The fourth-order valence-corrected chi connectivity index (χ4v) is 5.29. The number of hydrogen-bond acceptors (Lipinski definition) is 3. The van der Waals surface area contributed by atoms with Crippen LogP contribution in [-0.4, -0.2) is 37.5 Å². The van der Waals surface area contributed by atoms with E-state index in [1.54, 1.807) is 0 Å². The van der Waals surface area contributed by atoms with Crippen molar-refractivity contribution in [1.82, 2.24) is 10.6 Å². The minimum Gasteiger partial charge on any atom is -0.356 e. The molecule has 2 N–H and O–H groups in total. The van der Waals surface area contributed by atoms with E-state index >= 15 is 0 Å². The van der Waals surface area contributed by atoms with Gasteiger partial charge in [0.2, 0.25) is 11.8 Å². The molecule has 152 valence electrons. The summed E-state index contributed by atoms with van der Waals surface area (Å²) in [6, 6.07) is 8.37. The summed E-state index contributed by atoms with van der Waals surface area (Å²) >= 11 is 0. The minimum absolute atomic E-state index is 0.0868. The van der Waals surface area contributed by atoms with Crippen LogP contribution in [0.4, 0.5) is 5.69 Å². The van der Waals surface area contributed by atoms with Crippen LogP contribution in [0.25, 0.3) is 0 Å². The van der Waals surface area contributed by atoms with Gasteiger partial charge in [0, 0.05) is 24.2 Å². The zero-order valence-electron chi connectivity index (χ0n) is 17.0. The number of piperidine rings is 1. The molecule has 5 nitrogen and oxygen atoms in total. The summed E-state index contributed by atoms with van der Waals surface area (Å²) in [7, 11) is 0. The third-order valence-electron chi connectivity index (χ3n) is 6.83. The molecule has 1 aliphatic carbocycles.